The number of ether oxygens (including phenoxy) is 1. The van der Waals surface area contributed by atoms with Crippen molar-refractivity contribution < 1.29 is 9.13 Å². The van der Waals surface area contributed by atoms with Crippen LogP contribution in [0.2, 0.25) is 5.02 Å². The molecule has 0 aliphatic rings. The summed E-state index contributed by atoms with van der Waals surface area (Å²) in [6.07, 6.45) is 3.10. The smallest absolute Gasteiger partial charge is 0.141 e. The minimum Gasteiger partial charge on any atom is -0.487 e. The number of benzene rings is 3. The first kappa shape index (κ1) is 22.2. The number of halogens is 2. The molecule has 4 aromatic rings. The first-order valence-electron chi connectivity index (χ1n) is 10.0. The minimum absolute atomic E-state index is 0.206. The van der Waals surface area contributed by atoms with Gasteiger partial charge in [0, 0.05) is 11.1 Å². The Hall–Kier alpha value is -4.04. The van der Waals surface area contributed by atoms with Gasteiger partial charge < -0.3 is 10.1 Å². The highest BCUT2D eigenvalue weighted by Gasteiger charge is 2.08. The summed E-state index contributed by atoms with van der Waals surface area (Å²) < 4.78 is 19.1. The molecule has 0 fully saturated rings. The quantitative estimate of drug-likeness (QED) is 0.187. The summed E-state index contributed by atoms with van der Waals surface area (Å²) in [5.74, 6) is 1.04. The molecule has 166 valence electrons. The lowest BCUT2D eigenvalue weighted by molar-refractivity contribution is 0.306. The van der Waals surface area contributed by atoms with Gasteiger partial charge >= 0.3 is 0 Å². The lowest BCUT2D eigenvalue weighted by Gasteiger charge is -2.12. The number of hydrogen-bond acceptors (Lipinski definition) is 6. The molecule has 0 spiro atoms. The highest BCUT2D eigenvalue weighted by atomic mass is 35.5. The van der Waals surface area contributed by atoms with Gasteiger partial charge in [-0.3, -0.25) is 10.8 Å². The van der Waals surface area contributed by atoms with Crippen molar-refractivity contribution in [3.8, 4) is 5.75 Å². The Morgan fingerprint density at radius 1 is 1.15 bits per heavy atom. The van der Waals surface area contributed by atoms with Gasteiger partial charge in [0.2, 0.25) is 0 Å². The summed E-state index contributed by atoms with van der Waals surface area (Å²) in [5.41, 5.74) is 5.62. The molecule has 4 rings (SSSR count). The third kappa shape index (κ3) is 5.81. The van der Waals surface area contributed by atoms with E-state index < -0.39 is 0 Å². The molecular formula is C24H20ClFN6O. The fourth-order valence-corrected chi connectivity index (χ4v) is 3.31. The van der Waals surface area contributed by atoms with Crippen molar-refractivity contribution in [1.82, 2.24) is 15.4 Å². The number of amidine groups is 1. The molecule has 0 bridgehead atoms. The highest BCUT2D eigenvalue weighted by Crippen LogP contribution is 2.31. The van der Waals surface area contributed by atoms with Crippen LogP contribution in [0.3, 0.4) is 0 Å². The second kappa shape index (κ2) is 10.1. The summed E-state index contributed by atoms with van der Waals surface area (Å²) in [5, 5.41) is 15.9. The third-order valence-corrected chi connectivity index (χ3v) is 4.88. The Morgan fingerprint density at radius 3 is 2.82 bits per heavy atom. The number of hydrazone groups is 1. The van der Waals surface area contributed by atoms with Crippen LogP contribution >= 0.6 is 11.6 Å². The summed E-state index contributed by atoms with van der Waals surface area (Å²) in [6.45, 7) is 1.81. The van der Waals surface area contributed by atoms with Crippen LogP contribution in [0.4, 0.5) is 15.9 Å². The first-order chi connectivity index (χ1) is 16.0. The number of nitrogens with one attached hydrogen (secondary N) is 3. The van der Waals surface area contributed by atoms with Gasteiger partial charge in [-0.25, -0.2) is 14.4 Å². The zero-order chi connectivity index (χ0) is 23.2. The molecule has 0 aliphatic heterocycles. The van der Waals surface area contributed by atoms with Crippen molar-refractivity contribution in [2.45, 2.75) is 13.5 Å². The topological polar surface area (TPSA) is 95.3 Å². The Bertz CT molecular complexity index is 1340. The summed E-state index contributed by atoms with van der Waals surface area (Å²) >= 11 is 6.41. The van der Waals surface area contributed by atoms with Crippen molar-refractivity contribution in [2.24, 2.45) is 5.10 Å². The summed E-state index contributed by atoms with van der Waals surface area (Å²) in [7, 11) is 0. The van der Waals surface area contributed by atoms with E-state index in [-0.39, 0.29) is 18.3 Å². The van der Waals surface area contributed by atoms with Gasteiger partial charge in [0.25, 0.3) is 0 Å². The Labute approximate surface area is 194 Å². The maximum Gasteiger partial charge on any atom is 0.141 e. The Kier molecular flexibility index (Phi) is 6.75. The van der Waals surface area contributed by atoms with Crippen LogP contribution in [0, 0.1) is 11.2 Å². The average Bonchev–Trinajstić information content (AvgIpc) is 2.79. The third-order valence-electron chi connectivity index (χ3n) is 4.58. The van der Waals surface area contributed by atoms with Crippen molar-refractivity contribution >= 4 is 46.1 Å². The van der Waals surface area contributed by atoms with E-state index in [1.807, 2.05) is 24.3 Å². The van der Waals surface area contributed by atoms with Gasteiger partial charge in [0.15, 0.2) is 0 Å². The van der Waals surface area contributed by atoms with Crippen LogP contribution in [0.1, 0.15) is 18.1 Å². The number of fused-ring (bicyclic) bond motifs is 1. The largest absolute Gasteiger partial charge is 0.487 e. The number of nitrogens with zero attached hydrogens (tertiary/aromatic N) is 3. The lowest BCUT2D eigenvalue weighted by atomic mass is 10.1. The Balaban J connectivity index is 1.52. The lowest BCUT2D eigenvalue weighted by Crippen LogP contribution is -2.11. The maximum absolute atomic E-state index is 13.3. The van der Waals surface area contributed by atoms with Gasteiger partial charge in [-0.2, -0.15) is 5.10 Å². The first-order valence-corrected chi connectivity index (χ1v) is 10.4. The SMILES string of the molecule is CC(=N)N/N=C/c1ccc2ncnc(Nc3ccc(OCc4cccc(F)c4)c(Cl)c3)c2c1. The second-order valence-corrected chi connectivity index (χ2v) is 7.59. The maximum atomic E-state index is 13.3. The minimum atomic E-state index is -0.311. The molecule has 0 amide bonds. The highest BCUT2D eigenvalue weighted by molar-refractivity contribution is 6.32. The van der Waals surface area contributed by atoms with E-state index in [0.29, 0.717) is 22.2 Å². The molecule has 1 heterocycles. The summed E-state index contributed by atoms with van der Waals surface area (Å²) in [6, 6.07) is 17.2. The molecular weight excluding hydrogens is 443 g/mol. The van der Waals surface area contributed by atoms with Gasteiger partial charge in [0.1, 0.15) is 36.2 Å². The number of rotatable bonds is 7. The van der Waals surface area contributed by atoms with Crippen molar-refractivity contribution in [1.29, 1.82) is 5.41 Å². The fourth-order valence-electron chi connectivity index (χ4n) is 3.08. The normalized spacial score (nSPS) is 11.0. The van der Waals surface area contributed by atoms with Crippen LogP contribution < -0.4 is 15.5 Å². The van der Waals surface area contributed by atoms with Gasteiger partial charge in [-0.05, 0) is 60.5 Å². The van der Waals surface area contributed by atoms with Crippen LogP contribution in [0.5, 0.6) is 5.75 Å². The molecule has 0 saturated carbocycles. The standard InChI is InChI=1S/C24H20ClFN6O/c1-15(27)32-30-12-16-5-7-22-20(10-16)24(29-14-28-22)31-19-6-8-23(21(25)11-19)33-13-17-3-2-4-18(26)9-17/h2-12,14H,13H2,1H3,(H2,27,32)(H,28,29,31)/b30-12+. The van der Waals surface area contributed by atoms with E-state index in [1.54, 1.807) is 37.4 Å². The molecule has 1 aromatic heterocycles. The van der Waals surface area contributed by atoms with E-state index in [1.165, 1.54) is 18.5 Å². The molecule has 33 heavy (non-hydrogen) atoms. The van der Waals surface area contributed by atoms with E-state index in [4.69, 9.17) is 21.7 Å². The van der Waals surface area contributed by atoms with Crippen molar-refractivity contribution in [3.05, 3.63) is 89.0 Å². The number of anilines is 2. The molecule has 0 unspecified atom stereocenters. The van der Waals surface area contributed by atoms with Gasteiger partial charge in [0.05, 0.1) is 16.8 Å². The molecule has 9 heteroatoms. The van der Waals surface area contributed by atoms with Crippen LogP contribution in [0.25, 0.3) is 10.9 Å². The van der Waals surface area contributed by atoms with E-state index in [2.05, 4.69) is 25.8 Å². The average molecular weight is 463 g/mol. The molecule has 0 aliphatic carbocycles. The van der Waals surface area contributed by atoms with Crippen molar-refractivity contribution in [3.63, 3.8) is 0 Å². The van der Waals surface area contributed by atoms with Gasteiger partial charge in [-0.15, -0.1) is 0 Å². The zero-order valence-electron chi connectivity index (χ0n) is 17.6. The molecule has 7 nitrogen and oxygen atoms in total. The van der Waals surface area contributed by atoms with E-state index in [0.717, 1.165) is 22.2 Å². The fraction of sp³-hybridized carbons (Fsp3) is 0.0833. The van der Waals surface area contributed by atoms with Crippen LogP contribution in [0.15, 0.2) is 72.1 Å². The molecule has 3 N–H and O–H groups in total. The van der Waals surface area contributed by atoms with E-state index >= 15 is 0 Å². The number of aromatic nitrogens is 2. The predicted octanol–water partition coefficient (Wildman–Crippen LogP) is 5.67. The van der Waals surface area contributed by atoms with Crippen LogP contribution in [-0.4, -0.2) is 22.0 Å². The van der Waals surface area contributed by atoms with Crippen molar-refractivity contribution in [2.75, 3.05) is 5.32 Å². The van der Waals surface area contributed by atoms with Crippen LogP contribution in [-0.2, 0) is 6.61 Å². The molecule has 0 saturated heterocycles. The molecule has 0 radical (unpaired) electrons. The molecule has 3 aromatic carbocycles. The summed E-state index contributed by atoms with van der Waals surface area (Å²) in [4.78, 5) is 8.67. The monoisotopic (exact) mass is 462 g/mol. The second-order valence-electron chi connectivity index (χ2n) is 7.18. The number of hydrogen-bond donors (Lipinski definition) is 3. The zero-order valence-corrected chi connectivity index (χ0v) is 18.4. The predicted molar refractivity (Wildman–Crippen MR) is 129 cm³/mol. The van der Waals surface area contributed by atoms with E-state index in [9.17, 15) is 4.39 Å². The Morgan fingerprint density at radius 2 is 2.03 bits per heavy atom. The molecule has 0 atom stereocenters. The van der Waals surface area contributed by atoms with Gasteiger partial charge in [-0.1, -0.05) is 29.8 Å².